The van der Waals surface area contributed by atoms with Crippen molar-refractivity contribution in [1.29, 1.82) is 0 Å². The van der Waals surface area contributed by atoms with Crippen LogP contribution in [-0.4, -0.2) is 30.3 Å². The first-order valence-electron chi connectivity index (χ1n) is 7.59. The molecule has 1 aliphatic carbocycles. The first-order chi connectivity index (χ1) is 8.38. The highest BCUT2D eigenvalue weighted by Crippen LogP contribution is 2.37. The quantitative estimate of drug-likeness (QED) is 0.715. The second kappa shape index (κ2) is 6.70. The summed E-state index contributed by atoms with van der Waals surface area (Å²) in [6.45, 7) is 6.77. The van der Waals surface area contributed by atoms with Crippen LogP contribution in [0.3, 0.4) is 0 Å². The van der Waals surface area contributed by atoms with E-state index in [1.54, 1.807) is 0 Å². The molecule has 0 atom stereocenters. The van der Waals surface area contributed by atoms with Crippen LogP contribution in [0.1, 0.15) is 65.7 Å². The van der Waals surface area contributed by atoms with Crippen LogP contribution in [0.2, 0.25) is 0 Å². The molecular formula is C16H31NO. The van der Waals surface area contributed by atoms with E-state index < -0.39 is 0 Å². The zero-order valence-corrected chi connectivity index (χ0v) is 13.0. The van der Waals surface area contributed by atoms with Gasteiger partial charge in [-0.1, -0.05) is 27.2 Å². The third-order valence-electron chi connectivity index (χ3n) is 4.66. The zero-order valence-electron chi connectivity index (χ0n) is 13.0. The minimum absolute atomic E-state index is 0.149. The molecule has 0 aliphatic heterocycles. The van der Waals surface area contributed by atoms with Crippen LogP contribution in [0.25, 0.3) is 0 Å². The highest BCUT2D eigenvalue weighted by Gasteiger charge is 2.41. The molecule has 0 radical (unpaired) electrons. The Morgan fingerprint density at radius 2 is 1.83 bits per heavy atom. The first kappa shape index (κ1) is 15.7. The van der Waals surface area contributed by atoms with Crippen molar-refractivity contribution in [2.75, 3.05) is 14.1 Å². The van der Waals surface area contributed by atoms with Gasteiger partial charge in [-0.25, -0.2) is 0 Å². The molecule has 2 nitrogen and oxygen atoms in total. The van der Waals surface area contributed by atoms with Gasteiger partial charge < -0.3 is 0 Å². The minimum atomic E-state index is -0.149. The molecule has 18 heavy (non-hydrogen) atoms. The van der Waals surface area contributed by atoms with Crippen LogP contribution >= 0.6 is 0 Å². The Labute approximate surface area is 113 Å². The number of hydrogen-bond acceptors (Lipinski definition) is 2. The van der Waals surface area contributed by atoms with E-state index in [9.17, 15) is 4.79 Å². The number of Topliss-reactive ketones (excluding diaryl/α,β-unsaturated/α-hetero) is 1. The molecular weight excluding hydrogens is 222 g/mol. The second-order valence-electron chi connectivity index (χ2n) is 6.82. The maximum Gasteiger partial charge on any atom is 0.153 e. The third-order valence-corrected chi connectivity index (χ3v) is 4.66. The molecule has 2 heteroatoms. The van der Waals surface area contributed by atoms with Crippen LogP contribution < -0.4 is 0 Å². The molecule has 1 aliphatic rings. The van der Waals surface area contributed by atoms with Gasteiger partial charge in [0.2, 0.25) is 0 Å². The average Bonchev–Trinajstić information content (AvgIpc) is 2.29. The van der Waals surface area contributed by atoms with Gasteiger partial charge in [0.1, 0.15) is 0 Å². The van der Waals surface area contributed by atoms with Crippen molar-refractivity contribution in [3.63, 3.8) is 0 Å². The molecule has 1 rings (SSSR count). The highest BCUT2D eigenvalue weighted by molar-refractivity contribution is 5.88. The summed E-state index contributed by atoms with van der Waals surface area (Å²) < 4.78 is 0. The summed E-state index contributed by atoms with van der Waals surface area (Å²) in [6.07, 6.45) is 7.52. The minimum Gasteiger partial charge on any atom is -0.298 e. The Hall–Kier alpha value is -0.370. The number of hydrogen-bond donors (Lipinski definition) is 0. The molecule has 0 amide bonds. The van der Waals surface area contributed by atoms with Crippen molar-refractivity contribution in [1.82, 2.24) is 4.90 Å². The molecule has 1 saturated carbocycles. The van der Waals surface area contributed by atoms with Gasteiger partial charge in [0.15, 0.2) is 5.78 Å². The maximum atomic E-state index is 12.6. The Bertz CT molecular complexity index is 262. The molecule has 0 N–H and O–H groups in total. The average molecular weight is 253 g/mol. The summed E-state index contributed by atoms with van der Waals surface area (Å²) in [4.78, 5) is 14.8. The largest absolute Gasteiger partial charge is 0.298 e. The summed E-state index contributed by atoms with van der Waals surface area (Å²) in [7, 11) is 4.16. The van der Waals surface area contributed by atoms with Crippen molar-refractivity contribution in [3.8, 4) is 0 Å². The monoisotopic (exact) mass is 253 g/mol. The molecule has 0 bridgehead atoms. The van der Waals surface area contributed by atoms with Crippen LogP contribution in [0.15, 0.2) is 0 Å². The smallest absolute Gasteiger partial charge is 0.153 e. The number of carbonyl (C=O) groups is 1. The van der Waals surface area contributed by atoms with Crippen molar-refractivity contribution < 1.29 is 4.79 Å². The molecule has 0 aromatic rings. The standard InChI is InChI=1S/C16H31NO/c1-13(2)7-6-8-15(18)16(17(4)5)11-9-14(3)10-12-16/h13-14H,6-12H2,1-5H3. The Morgan fingerprint density at radius 3 is 2.28 bits per heavy atom. The normalized spacial score (nSPS) is 28.9. The van der Waals surface area contributed by atoms with Gasteiger partial charge in [0.25, 0.3) is 0 Å². The SMILES string of the molecule is CC(C)CCCC(=O)C1(N(C)C)CCC(C)CC1. The number of ketones is 1. The number of rotatable bonds is 6. The topological polar surface area (TPSA) is 20.3 Å². The van der Waals surface area contributed by atoms with E-state index in [1.807, 2.05) is 0 Å². The highest BCUT2D eigenvalue weighted by atomic mass is 16.1. The Morgan fingerprint density at radius 1 is 1.28 bits per heavy atom. The van der Waals surface area contributed by atoms with E-state index in [0.717, 1.165) is 31.6 Å². The van der Waals surface area contributed by atoms with E-state index in [4.69, 9.17) is 0 Å². The predicted octanol–water partition coefficient (Wildman–Crippen LogP) is 3.89. The van der Waals surface area contributed by atoms with Gasteiger partial charge in [-0.3, -0.25) is 9.69 Å². The predicted molar refractivity (Wildman–Crippen MR) is 77.7 cm³/mol. The van der Waals surface area contributed by atoms with Crippen LogP contribution in [0, 0.1) is 11.8 Å². The van der Waals surface area contributed by atoms with E-state index in [2.05, 4.69) is 39.8 Å². The van der Waals surface area contributed by atoms with Gasteiger partial charge in [0, 0.05) is 6.42 Å². The second-order valence-corrected chi connectivity index (χ2v) is 6.82. The van der Waals surface area contributed by atoms with Gasteiger partial charge in [0.05, 0.1) is 5.54 Å². The summed E-state index contributed by atoms with van der Waals surface area (Å²) >= 11 is 0. The van der Waals surface area contributed by atoms with Crippen molar-refractivity contribution >= 4 is 5.78 Å². The lowest BCUT2D eigenvalue weighted by molar-refractivity contribution is -0.132. The van der Waals surface area contributed by atoms with Gasteiger partial charge >= 0.3 is 0 Å². The molecule has 1 fully saturated rings. The number of carbonyl (C=O) groups excluding carboxylic acids is 1. The third kappa shape index (κ3) is 3.81. The number of likely N-dealkylation sites (N-methyl/N-ethyl adjacent to an activating group) is 1. The molecule has 0 saturated heterocycles. The maximum absolute atomic E-state index is 12.6. The van der Waals surface area contributed by atoms with Gasteiger partial charge in [-0.05, 0) is 58.0 Å². The zero-order chi connectivity index (χ0) is 13.8. The summed E-state index contributed by atoms with van der Waals surface area (Å²) in [6, 6.07) is 0. The summed E-state index contributed by atoms with van der Waals surface area (Å²) in [5.41, 5.74) is -0.149. The molecule has 106 valence electrons. The van der Waals surface area contributed by atoms with Gasteiger partial charge in [-0.15, -0.1) is 0 Å². The lowest BCUT2D eigenvalue weighted by Crippen LogP contribution is -2.53. The Balaban J connectivity index is 2.58. The van der Waals surface area contributed by atoms with Crippen molar-refractivity contribution in [3.05, 3.63) is 0 Å². The summed E-state index contributed by atoms with van der Waals surface area (Å²) in [5, 5.41) is 0. The van der Waals surface area contributed by atoms with Crippen LogP contribution in [0.4, 0.5) is 0 Å². The molecule has 0 spiro atoms. The Kier molecular flexibility index (Phi) is 5.84. The van der Waals surface area contributed by atoms with E-state index in [1.165, 1.54) is 19.3 Å². The van der Waals surface area contributed by atoms with Crippen LogP contribution in [0.5, 0.6) is 0 Å². The summed E-state index contributed by atoms with van der Waals surface area (Å²) in [5.74, 6) is 1.99. The van der Waals surface area contributed by atoms with E-state index in [0.29, 0.717) is 11.7 Å². The van der Waals surface area contributed by atoms with Gasteiger partial charge in [-0.2, -0.15) is 0 Å². The first-order valence-corrected chi connectivity index (χ1v) is 7.59. The lowest BCUT2D eigenvalue weighted by atomic mass is 9.73. The lowest BCUT2D eigenvalue weighted by Gasteiger charge is -2.43. The van der Waals surface area contributed by atoms with E-state index >= 15 is 0 Å². The van der Waals surface area contributed by atoms with Crippen molar-refractivity contribution in [2.45, 2.75) is 71.3 Å². The fourth-order valence-corrected chi connectivity index (χ4v) is 3.12. The van der Waals surface area contributed by atoms with E-state index in [-0.39, 0.29) is 5.54 Å². The molecule has 0 unspecified atom stereocenters. The molecule has 0 aromatic carbocycles. The van der Waals surface area contributed by atoms with Crippen molar-refractivity contribution in [2.24, 2.45) is 11.8 Å². The number of nitrogens with zero attached hydrogens (tertiary/aromatic N) is 1. The molecule has 0 aromatic heterocycles. The fourth-order valence-electron chi connectivity index (χ4n) is 3.12. The van der Waals surface area contributed by atoms with Crippen LogP contribution in [-0.2, 0) is 4.79 Å². The fraction of sp³-hybridized carbons (Fsp3) is 0.938. The molecule has 0 heterocycles.